The lowest BCUT2D eigenvalue weighted by atomic mass is 10.1. The van der Waals surface area contributed by atoms with Crippen LogP contribution in [-0.2, 0) is 20.0 Å². The summed E-state index contributed by atoms with van der Waals surface area (Å²) in [5.41, 5.74) is 2.77. The van der Waals surface area contributed by atoms with Gasteiger partial charge in [-0.3, -0.25) is 4.79 Å². The number of carbonyl (C=O) groups excluding carboxylic acids is 1. The molecule has 0 fully saturated rings. The molecule has 2 aromatic rings. The molecule has 0 spiro atoms. The van der Waals surface area contributed by atoms with E-state index < -0.39 is 0 Å². The van der Waals surface area contributed by atoms with Gasteiger partial charge in [-0.15, -0.1) is 0 Å². The minimum atomic E-state index is 0.00970. The SMILES string of the molecule is Cn1c(Br)nc2c1CN(C(=O)c1cccc(Cl)c1)CC2. The molecule has 0 aliphatic carbocycles. The molecule has 1 aromatic carbocycles. The normalized spacial score (nSPS) is 14.2. The first-order chi connectivity index (χ1) is 9.56. The number of fused-ring (bicyclic) bond motifs is 1. The maximum Gasteiger partial charge on any atom is 0.254 e. The zero-order valence-corrected chi connectivity index (χ0v) is 13.3. The van der Waals surface area contributed by atoms with E-state index in [9.17, 15) is 4.79 Å². The third-order valence-electron chi connectivity index (χ3n) is 3.56. The van der Waals surface area contributed by atoms with Gasteiger partial charge in [-0.25, -0.2) is 4.98 Å². The highest BCUT2D eigenvalue weighted by atomic mass is 79.9. The van der Waals surface area contributed by atoms with Crippen LogP contribution >= 0.6 is 27.5 Å². The Labute approximate surface area is 130 Å². The van der Waals surface area contributed by atoms with E-state index >= 15 is 0 Å². The number of amides is 1. The van der Waals surface area contributed by atoms with E-state index in [1.54, 1.807) is 24.3 Å². The topological polar surface area (TPSA) is 38.1 Å². The van der Waals surface area contributed by atoms with E-state index in [4.69, 9.17) is 11.6 Å². The molecule has 0 radical (unpaired) electrons. The van der Waals surface area contributed by atoms with Crippen molar-refractivity contribution in [3.63, 3.8) is 0 Å². The fraction of sp³-hybridized carbons (Fsp3) is 0.286. The molecule has 3 rings (SSSR count). The van der Waals surface area contributed by atoms with Crippen molar-refractivity contribution < 1.29 is 4.79 Å². The Balaban J connectivity index is 1.86. The number of halogens is 2. The summed E-state index contributed by atoms with van der Waals surface area (Å²) in [5.74, 6) is 0.00970. The van der Waals surface area contributed by atoms with E-state index in [1.165, 1.54) is 0 Å². The van der Waals surface area contributed by atoms with Crippen molar-refractivity contribution in [2.45, 2.75) is 13.0 Å². The maximum absolute atomic E-state index is 12.5. The smallest absolute Gasteiger partial charge is 0.254 e. The summed E-state index contributed by atoms with van der Waals surface area (Å²) in [7, 11) is 1.95. The Morgan fingerprint density at radius 3 is 3.00 bits per heavy atom. The third-order valence-corrected chi connectivity index (χ3v) is 4.50. The number of carbonyl (C=O) groups is 1. The van der Waals surface area contributed by atoms with Gasteiger partial charge in [-0.2, -0.15) is 0 Å². The molecule has 0 atom stereocenters. The van der Waals surface area contributed by atoms with Crippen LogP contribution in [0.1, 0.15) is 21.7 Å². The first-order valence-electron chi connectivity index (χ1n) is 6.31. The van der Waals surface area contributed by atoms with E-state index in [0.717, 1.165) is 22.5 Å². The van der Waals surface area contributed by atoms with Crippen LogP contribution in [0.4, 0.5) is 0 Å². The largest absolute Gasteiger partial charge is 0.332 e. The molecule has 1 aromatic heterocycles. The average Bonchev–Trinajstić information content (AvgIpc) is 2.73. The highest BCUT2D eigenvalue weighted by Gasteiger charge is 2.25. The lowest BCUT2D eigenvalue weighted by molar-refractivity contribution is 0.0730. The molecule has 1 aliphatic heterocycles. The van der Waals surface area contributed by atoms with Gasteiger partial charge in [0.25, 0.3) is 5.91 Å². The number of rotatable bonds is 1. The second-order valence-corrected chi connectivity index (χ2v) is 5.97. The molecule has 0 saturated carbocycles. The fourth-order valence-electron chi connectivity index (χ4n) is 2.43. The van der Waals surface area contributed by atoms with Crippen LogP contribution < -0.4 is 0 Å². The van der Waals surface area contributed by atoms with Gasteiger partial charge in [-0.05, 0) is 34.1 Å². The van der Waals surface area contributed by atoms with Crippen LogP contribution in [0, 0.1) is 0 Å². The zero-order valence-electron chi connectivity index (χ0n) is 10.9. The highest BCUT2D eigenvalue weighted by Crippen LogP contribution is 2.23. The van der Waals surface area contributed by atoms with Crippen molar-refractivity contribution in [1.82, 2.24) is 14.5 Å². The molecule has 2 heterocycles. The van der Waals surface area contributed by atoms with Crippen LogP contribution in [-0.4, -0.2) is 26.9 Å². The number of hydrogen-bond acceptors (Lipinski definition) is 2. The monoisotopic (exact) mass is 353 g/mol. The molecule has 0 bridgehead atoms. The Morgan fingerprint density at radius 1 is 1.45 bits per heavy atom. The minimum absolute atomic E-state index is 0.00970. The van der Waals surface area contributed by atoms with Gasteiger partial charge in [-0.1, -0.05) is 17.7 Å². The molecular formula is C14H13BrClN3O. The Morgan fingerprint density at radius 2 is 2.25 bits per heavy atom. The Bertz CT molecular complexity index is 683. The van der Waals surface area contributed by atoms with E-state index in [2.05, 4.69) is 20.9 Å². The minimum Gasteiger partial charge on any atom is -0.332 e. The van der Waals surface area contributed by atoms with E-state index in [-0.39, 0.29) is 5.91 Å². The summed E-state index contributed by atoms with van der Waals surface area (Å²) in [4.78, 5) is 18.8. The summed E-state index contributed by atoms with van der Waals surface area (Å²) in [6.07, 6.45) is 0.779. The molecule has 0 saturated heterocycles. The highest BCUT2D eigenvalue weighted by molar-refractivity contribution is 9.10. The van der Waals surface area contributed by atoms with Crippen LogP contribution in [0.2, 0.25) is 5.02 Å². The molecule has 1 amide bonds. The number of benzene rings is 1. The summed E-state index contributed by atoms with van der Waals surface area (Å²) >= 11 is 9.37. The predicted octanol–water partition coefficient (Wildman–Crippen LogP) is 3.03. The molecule has 4 nitrogen and oxygen atoms in total. The summed E-state index contributed by atoms with van der Waals surface area (Å²) in [6.45, 7) is 1.26. The van der Waals surface area contributed by atoms with Crippen molar-refractivity contribution in [1.29, 1.82) is 0 Å². The molecule has 20 heavy (non-hydrogen) atoms. The molecular weight excluding hydrogens is 342 g/mol. The first kappa shape index (κ1) is 13.6. The van der Waals surface area contributed by atoms with Crippen molar-refractivity contribution in [3.05, 3.63) is 51.0 Å². The van der Waals surface area contributed by atoms with Gasteiger partial charge in [0.05, 0.1) is 17.9 Å². The van der Waals surface area contributed by atoms with Crippen LogP contribution in [0.3, 0.4) is 0 Å². The van der Waals surface area contributed by atoms with Gasteiger partial charge < -0.3 is 9.47 Å². The van der Waals surface area contributed by atoms with Gasteiger partial charge in [0.2, 0.25) is 0 Å². The molecule has 1 aliphatic rings. The number of imidazole rings is 1. The van der Waals surface area contributed by atoms with E-state index in [1.807, 2.05) is 16.5 Å². The van der Waals surface area contributed by atoms with Gasteiger partial charge in [0.15, 0.2) is 4.73 Å². The van der Waals surface area contributed by atoms with Crippen molar-refractivity contribution in [3.8, 4) is 0 Å². The van der Waals surface area contributed by atoms with Crippen molar-refractivity contribution in [2.24, 2.45) is 7.05 Å². The summed E-state index contributed by atoms with van der Waals surface area (Å²) in [6, 6.07) is 7.07. The molecule has 0 N–H and O–H groups in total. The average molecular weight is 355 g/mol. The molecule has 0 unspecified atom stereocenters. The maximum atomic E-state index is 12.5. The summed E-state index contributed by atoms with van der Waals surface area (Å²) < 4.78 is 2.78. The standard InChI is InChI=1S/C14H13BrClN3O/c1-18-12-8-19(6-5-11(12)17-14(18)15)13(20)9-3-2-4-10(16)7-9/h2-4,7H,5-6,8H2,1H3. The number of hydrogen-bond donors (Lipinski definition) is 0. The zero-order chi connectivity index (χ0) is 14.3. The Kier molecular flexibility index (Phi) is 3.56. The number of nitrogens with zero attached hydrogens (tertiary/aromatic N) is 3. The quantitative estimate of drug-likeness (QED) is 0.789. The third kappa shape index (κ3) is 2.36. The Hall–Kier alpha value is -1.33. The second kappa shape index (κ2) is 5.22. The second-order valence-electron chi connectivity index (χ2n) is 4.82. The molecule has 6 heteroatoms. The van der Waals surface area contributed by atoms with Gasteiger partial charge in [0, 0.05) is 30.6 Å². The first-order valence-corrected chi connectivity index (χ1v) is 7.48. The van der Waals surface area contributed by atoms with Crippen molar-refractivity contribution in [2.75, 3.05) is 6.54 Å². The van der Waals surface area contributed by atoms with Gasteiger partial charge >= 0.3 is 0 Å². The van der Waals surface area contributed by atoms with Crippen molar-refractivity contribution >= 4 is 33.4 Å². The van der Waals surface area contributed by atoms with Crippen LogP contribution in [0.5, 0.6) is 0 Å². The van der Waals surface area contributed by atoms with Crippen LogP contribution in [0.15, 0.2) is 29.0 Å². The summed E-state index contributed by atoms with van der Waals surface area (Å²) in [5, 5.41) is 0.580. The van der Waals surface area contributed by atoms with E-state index in [0.29, 0.717) is 23.7 Å². The number of aromatic nitrogens is 2. The van der Waals surface area contributed by atoms with Gasteiger partial charge in [0.1, 0.15) is 0 Å². The van der Waals surface area contributed by atoms with Crippen LogP contribution in [0.25, 0.3) is 0 Å². The lowest BCUT2D eigenvalue weighted by Crippen LogP contribution is -2.36. The lowest BCUT2D eigenvalue weighted by Gasteiger charge is -2.27. The fourth-order valence-corrected chi connectivity index (χ4v) is 3.05. The predicted molar refractivity (Wildman–Crippen MR) is 80.8 cm³/mol. The molecule has 104 valence electrons.